The molecule has 0 aliphatic rings. The van der Waals surface area contributed by atoms with Crippen LogP contribution in [0.5, 0.6) is 5.75 Å². The maximum absolute atomic E-state index is 12.3. The number of aromatic hydroxyl groups is 1. The van der Waals surface area contributed by atoms with E-state index in [1.807, 2.05) is 0 Å². The van der Waals surface area contributed by atoms with Gasteiger partial charge in [0.05, 0.1) is 12.2 Å². The number of rotatable bonds is 3. The molecule has 6 heteroatoms. The van der Waals surface area contributed by atoms with Crippen molar-refractivity contribution in [2.45, 2.75) is 6.61 Å². The van der Waals surface area contributed by atoms with Crippen molar-refractivity contribution >= 4 is 17.2 Å². The number of hydrogen-bond donors (Lipinski definition) is 3. The maximum Gasteiger partial charge on any atom is 0.265 e. The lowest BCUT2D eigenvalue weighted by atomic mass is 10.2. The van der Waals surface area contributed by atoms with Gasteiger partial charge in [0.15, 0.2) is 0 Å². The average Bonchev–Trinajstić information content (AvgIpc) is 2.48. The number of aromatic nitrogens is 2. The largest absolute Gasteiger partial charge is 0.508 e. The number of aliphatic hydroxyl groups is 1. The first-order valence-corrected chi connectivity index (χ1v) is 6.36. The number of fused-ring (bicyclic) bond motifs is 1. The molecule has 0 unspecified atom stereocenters. The van der Waals surface area contributed by atoms with Gasteiger partial charge in [-0.1, -0.05) is 12.1 Å². The number of pyridine rings is 1. The second kappa shape index (κ2) is 5.26. The summed E-state index contributed by atoms with van der Waals surface area (Å²) in [4.78, 5) is 16.7. The van der Waals surface area contributed by atoms with Gasteiger partial charge in [0.2, 0.25) is 0 Å². The van der Waals surface area contributed by atoms with E-state index in [1.165, 1.54) is 10.5 Å². The SMILES string of the molecule is O=c1c(CO)c(Nc2cccc(O)c2)nc2ccccn12. The Labute approximate surface area is 120 Å². The predicted octanol–water partition coefficient (Wildman–Crippen LogP) is 1.64. The van der Waals surface area contributed by atoms with Gasteiger partial charge in [0.25, 0.3) is 5.56 Å². The van der Waals surface area contributed by atoms with Crippen LogP contribution in [0.2, 0.25) is 0 Å². The molecule has 0 atom stereocenters. The summed E-state index contributed by atoms with van der Waals surface area (Å²) >= 11 is 0. The molecular weight excluding hydrogens is 270 g/mol. The van der Waals surface area contributed by atoms with Crippen LogP contribution in [-0.4, -0.2) is 19.6 Å². The lowest BCUT2D eigenvalue weighted by Gasteiger charge is -2.11. The highest BCUT2D eigenvalue weighted by molar-refractivity contribution is 5.62. The first-order chi connectivity index (χ1) is 10.2. The molecule has 21 heavy (non-hydrogen) atoms. The zero-order chi connectivity index (χ0) is 14.8. The van der Waals surface area contributed by atoms with Gasteiger partial charge in [-0.2, -0.15) is 0 Å². The molecule has 0 aliphatic heterocycles. The van der Waals surface area contributed by atoms with Crippen molar-refractivity contribution in [2.75, 3.05) is 5.32 Å². The van der Waals surface area contributed by atoms with Crippen LogP contribution in [-0.2, 0) is 6.61 Å². The van der Waals surface area contributed by atoms with Crippen molar-refractivity contribution < 1.29 is 10.2 Å². The van der Waals surface area contributed by atoms with Crippen LogP contribution < -0.4 is 10.9 Å². The molecule has 2 aromatic heterocycles. The molecule has 6 nitrogen and oxygen atoms in total. The fourth-order valence-electron chi connectivity index (χ4n) is 2.09. The van der Waals surface area contributed by atoms with E-state index in [0.29, 0.717) is 11.3 Å². The van der Waals surface area contributed by atoms with Crippen molar-refractivity contribution in [3.8, 4) is 5.75 Å². The van der Waals surface area contributed by atoms with Crippen LogP contribution in [0.4, 0.5) is 11.5 Å². The monoisotopic (exact) mass is 283 g/mol. The molecule has 3 rings (SSSR count). The van der Waals surface area contributed by atoms with E-state index < -0.39 is 6.61 Å². The Morgan fingerprint density at radius 3 is 2.81 bits per heavy atom. The van der Waals surface area contributed by atoms with E-state index in [-0.39, 0.29) is 22.7 Å². The molecule has 106 valence electrons. The molecular formula is C15H13N3O3. The third-order valence-corrected chi connectivity index (χ3v) is 3.09. The Bertz CT molecular complexity index is 858. The fourth-order valence-corrected chi connectivity index (χ4v) is 2.09. The van der Waals surface area contributed by atoms with Gasteiger partial charge in [-0.15, -0.1) is 0 Å². The average molecular weight is 283 g/mol. The number of nitrogens with one attached hydrogen (secondary N) is 1. The summed E-state index contributed by atoms with van der Waals surface area (Å²) in [6, 6.07) is 11.7. The van der Waals surface area contributed by atoms with Gasteiger partial charge in [-0.05, 0) is 24.3 Å². The highest BCUT2D eigenvalue weighted by atomic mass is 16.3. The van der Waals surface area contributed by atoms with Gasteiger partial charge in [-0.25, -0.2) is 4.98 Å². The molecule has 1 aromatic carbocycles. The normalized spacial score (nSPS) is 10.7. The predicted molar refractivity (Wildman–Crippen MR) is 78.8 cm³/mol. The lowest BCUT2D eigenvalue weighted by molar-refractivity contribution is 0.280. The molecule has 0 spiro atoms. The van der Waals surface area contributed by atoms with Crippen molar-refractivity contribution in [3.05, 3.63) is 64.6 Å². The lowest BCUT2D eigenvalue weighted by Crippen LogP contribution is -2.21. The number of aliphatic hydroxyl groups excluding tert-OH is 1. The van der Waals surface area contributed by atoms with Crippen molar-refractivity contribution in [1.29, 1.82) is 0 Å². The molecule has 0 fully saturated rings. The summed E-state index contributed by atoms with van der Waals surface area (Å²) in [6.45, 7) is -0.426. The standard InChI is InChI=1S/C15H13N3O3/c19-9-12-14(16-10-4-3-5-11(20)8-10)17-13-6-1-2-7-18(13)15(12)21/h1-8,16,19-20H,9H2. The van der Waals surface area contributed by atoms with Gasteiger partial charge < -0.3 is 15.5 Å². The van der Waals surface area contributed by atoms with E-state index in [0.717, 1.165) is 0 Å². The van der Waals surface area contributed by atoms with Gasteiger partial charge in [-0.3, -0.25) is 9.20 Å². The van der Waals surface area contributed by atoms with Crippen LogP contribution in [0.1, 0.15) is 5.56 Å². The quantitative estimate of drug-likeness (QED) is 0.680. The Morgan fingerprint density at radius 2 is 2.05 bits per heavy atom. The summed E-state index contributed by atoms with van der Waals surface area (Å²) in [5.74, 6) is 0.377. The van der Waals surface area contributed by atoms with Crippen molar-refractivity contribution in [2.24, 2.45) is 0 Å². The molecule has 3 aromatic rings. The number of nitrogens with zero attached hydrogens (tertiary/aromatic N) is 2. The summed E-state index contributed by atoms with van der Waals surface area (Å²) < 4.78 is 1.37. The summed E-state index contributed by atoms with van der Waals surface area (Å²) in [5, 5.41) is 21.9. The molecule has 0 saturated heterocycles. The van der Waals surface area contributed by atoms with Crippen LogP contribution >= 0.6 is 0 Å². The van der Waals surface area contributed by atoms with Gasteiger partial charge in [0.1, 0.15) is 17.2 Å². The first kappa shape index (κ1) is 13.1. The highest BCUT2D eigenvalue weighted by Gasteiger charge is 2.12. The molecule has 0 radical (unpaired) electrons. The Balaban J connectivity index is 2.15. The summed E-state index contributed by atoms with van der Waals surface area (Å²) in [6.07, 6.45) is 1.60. The minimum atomic E-state index is -0.426. The number of phenolic OH excluding ortho intramolecular Hbond substituents is 1. The van der Waals surface area contributed by atoms with Crippen molar-refractivity contribution in [3.63, 3.8) is 0 Å². The zero-order valence-corrected chi connectivity index (χ0v) is 11.0. The van der Waals surface area contributed by atoms with E-state index >= 15 is 0 Å². The van der Waals surface area contributed by atoms with Crippen LogP contribution in [0.25, 0.3) is 5.65 Å². The molecule has 0 saturated carbocycles. The number of hydrogen-bond acceptors (Lipinski definition) is 5. The van der Waals surface area contributed by atoms with Crippen molar-refractivity contribution in [1.82, 2.24) is 9.38 Å². The molecule has 2 heterocycles. The van der Waals surface area contributed by atoms with Crippen LogP contribution in [0.3, 0.4) is 0 Å². The second-order valence-corrected chi connectivity index (χ2v) is 4.51. The molecule has 3 N–H and O–H groups in total. The molecule has 0 bridgehead atoms. The third-order valence-electron chi connectivity index (χ3n) is 3.09. The van der Waals surface area contributed by atoms with Gasteiger partial charge >= 0.3 is 0 Å². The number of anilines is 2. The van der Waals surface area contributed by atoms with E-state index in [4.69, 9.17) is 0 Å². The van der Waals surface area contributed by atoms with Crippen LogP contribution in [0.15, 0.2) is 53.5 Å². The molecule has 0 aliphatic carbocycles. The highest BCUT2D eigenvalue weighted by Crippen LogP contribution is 2.21. The Kier molecular flexibility index (Phi) is 3.29. The van der Waals surface area contributed by atoms with E-state index in [9.17, 15) is 15.0 Å². The van der Waals surface area contributed by atoms with E-state index in [1.54, 1.807) is 42.6 Å². The summed E-state index contributed by atoms with van der Waals surface area (Å²) in [7, 11) is 0. The second-order valence-electron chi connectivity index (χ2n) is 4.51. The van der Waals surface area contributed by atoms with E-state index in [2.05, 4.69) is 10.3 Å². The first-order valence-electron chi connectivity index (χ1n) is 6.36. The molecule has 0 amide bonds. The van der Waals surface area contributed by atoms with Crippen LogP contribution in [0, 0.1) is 0 Å². The Morgan fingerprint density at radius 1 is 1.19 bits per heavy atom. The number of phenols is 1. The Hall–Kier alpha value is -2.86. The smallest absolute Gasteiger partial charge is 0.265 e. The zero-order valence-electron chi connectivity index (χ0n) is 11.0. The maximum atomic E-state index is 12.3. The fraction of sp³-hybridized carbons (Fsp3) is 0.0667. The topological polar surface area (TPSA) is 86.9 Å². The number of benzene rings is 1. The summed E-state index contributed by atoms with van der Waals surface area (Å²) in [5.41, 5.74) is 0.895. The minimum absolute atomic E-state index is 0.100. The van der Waals surface area contributed by atoms with Gasteiger partial charge in [0, 0.05) is 18.0 Å². The third kappa shape index (κ3) is 2.44. The minimum Gasteiger partial charge on any atom is -0.508 e.